The first-order valence-electron chi connectivity index (χ1n) is 6.56. The maximum atomic E-state index is 12.7. The third-order valence-electron chi connectivity index (χ3n) is 2.29. The number of aliphatic hydroxyl groups excluding tert-OH is 1. The van der Waals surface area contributed by atoms with Gasteiger partial charge in [0.05, 0.1) is 6.10 Å². The Morgan fingerprint density at radius 3 is 2.25 bits per heavy atom. The Morgan fingerprint density at radius 1 is 1.25 bits per heavy atom. The summed E-state index contributed by atoms with van der Waals surface area (Å²) in [5, 5.41) is 12.8. The van der Waals surface area contributed by atoms with Crippen molar-refractivity contribution < 1.29 is 18.3 Å². The van der Waals surface area contributed by atoms with Gasteiger partial charge < -0.3 is 10.4 Å². The molecule has 0 saturated heterocycles. The molecule has 116 valence electrons. The number of halogens is 3. The number of aromatic nitrogens is 1. The van der Waals surface area contributed by atoms with Crippen molar-refractivity contribution in [3.05, 3.63) is 29.6 Å². The number of alkyl halides is 3. The van der Waals surface area contributed by atoms with Crippen LogP contribution in [0.25, 0.3) is 0 Å². The lowest BCUT2D eigenvalue weighted by atomic mass is 10.0. The molecule has 0 aromatic carbocycles. The second-order valence-corrected chi connectivity index (χ2v) is 5.09. The maximum absolute atomic E-state index is 12.7. The molecule has 1 atom stereocenters. The van der Waals surface area contributed by atoms with Crippen LogP contribution in [0.1, 0.15) is 52.0 Å². The summed E-state index contributed by atoms with van der Waals surface area (Å²) < 4.78 is 38.1. The van der Waals surface area contributed by atoms with Crippen LogP contribution >= 0.6 is 0 Å². The average Bonchev–Trinajstić information content (AvgIpc) is 2.36. The van der Waals surface area contributed by atoms with Crippen LogP contribution in [0.2, 0.25) is 0 Å². The molecule has 1 unspecified atom stereocenters. The van der Waals surface area contributed by atoms with Gasteiger partial charge in [-0.05, 0) is 26.8 Å². The van der Waals surface area contributed by atoms with Gasteiger partial charge >= 0.3 is 6.18 Å². The zero-order valence-electron chi connectivity index (χ0n) is 12.5. The van der Waals surface area contributed by atoms with E-state index in [9.17, 15) is 18.3 Å². The van der Waals surface area contributed by atoms with Crippen molar-refractivity contribution in [1.29, 1.82) is 0 Å². The molecule has 0 bridgehead atoms. The largest absolute Gasteiger partial charge is 0.433 e. The minimum absolute atomic E-state index is 0.0400. The number of hydrogen-bond acceptors (Lipinski definition) is 3. The van der Waals surface area contributed by atoms with Gasteiger partial charge in [0.25, 0.3) is 0 Å². The highest BCUT2D eigenvalue weighted by Crippen LogP contribution is 2.32. The number of nitrogens with zero attached hydrogens (tertiary/aromatic N) is 1. The lowest BCUT2D eigenvalue weighted by Crippen LogP contribution is -2.38. The highest BCUT2D eigenvalue weighted by Gasteiger charge is 2.36. The van der Waals surface area contributed by atoms with E-state index in [0.717, 1.165) is 6.20 Å². The van der Waals surface area contributed by atoms with E-state index in [4.69, 9.17) is 0 Å². The fourth-order valence-electron chi connectivity index (χ4n) is 1.44. The zero-order valence-corrected chi connectivity index (χ0v) is 12.5. The van der Waals surface area contributed by atoms with Gasteiger partial charge in [-0.2, -0.15) is 13.2 Å². The molecule has 2 N–H and O–H groups in total. The van der Waals surface area contributed by atoms with Crippen LogP contribution in [0.3, 0.4) is 0 Å². The van der Waals surface area contributed by atoms with Crippen molar-refractivity contribution in [3.63, 3.8) is 0 Å². The van der Waals surface area contributed by atoms with E-state index in [0.29, 0.717) is 0 Å². The molecule has 0 saturated carbocycles. The molecule has 1 aromatic rings. The van der Waals surface area contributed by atoms with Crippen LogP contribution in [-0.4, -0.2) is 22.2 Å². The van der Waals surface area contributed by atoms with Gasteiger partial charge in [0, 0.05) is 23.8 Å². The van der Waals surface area contributed by atoms with Gasteiger partial charge in [-0.3, -0.25) is 4.98 Å². The third kappa shape index (κ3) is 6.34. The van der Waals surface area contributed by atoms with E-state index < -0.39 is 18.0 Å². The smallest absolute Gasteiger partial charge is 0.387 e. The van der Waals surface area contributed by atoms with E-state index in [-0.39, 0.29) is 17.6 Å². The number of pyridine rings is 1. The Morgan fingerprint density at radius 2 is 1.80 bits per heavy atom. The molecule has 1 aromatic heterocycles. The topological polar surface area (TPSA) is 45.1 Å². The van der Waals surface area contributed by atoms with Gasteiger partial charge in [0.2, 0.25) is 0 Å². The Hall–Kier alpha value is -1.14. The quantitative estimate of drug-likeness (QED) is 0.895. The summed E-state index contributed by atoms with van der Waals surface area (Å²) in [6, 6.07) is 2.62. The molecule has 0 aliphatic carbocycles. The summed E-state index contributed by atoms with van der Waals surface area (Å²) in [5.41, 5.74) is -1.52. The number of β-amino-alcohol motifs (C(OH)–C–C–N with tert-alkyl or cyclic N) is 1. The summed E-state index contributed by atoms with van der Waals surface area (Å²) >= 11 is 0. The van der Waals surface area contributed by atoms with Crippen LogP contribution in [-0.2, 0) is 6.18 Å². The van der Waals surface area contributed by atoms with Crippen molar-refractivity contribution in [3.8, 4) is 0 Å². The maximum Gasteiger partial charge on any atom is 0.433 e. The first-order chi connectivity index (χ1) is 9.11. The van der Waals surface area contributed by atoms with E-state index in [1.54, 1.807) is 0 Å². The van der Waals surface area contributed by atoms with Crippen LogP contribution < -0.4 is 5.32 Å². The van der Waals surface area contributed by atoms with Gasteiger partial charge in [-0.1, -0.05) is 19.9 Å². The zero-order chi connectivity index (χ0) is 16.0. The van der Waals surface area contributed by atoms with Crippen molar-refractivity contribution in [2.75, 3.05) is 6.54 Å². The Kier molecular flexibility index (Phi) is 7.16. The van der Waals surface area contributed by atoms with Crippen LogP contribution in [0.15, 0.2) is 18.3 Å². The van der Waals surface area contributed by atoms with Crippen molar-refractivity contribution in [1.82, 2.24) is 10.3 Å². The van der Waals surface area contributed by atoms with Crippen molar-refractivity contribution >= 4 is 0 Å². The predicted molar refractivity (Wildman–Crippen MR) is 73.3 cm³/mol. The van der Waals surface area contributed by atoms with Gasteiger partial charge in [0.1, 0.15) is 5.69 Å². The van der Waals surface area contributed by atoms with Gasteiger partial charge in [0.15, 0.2) is 0 Å². The summed E-state index contributed by atoms with van der Waals surface area (Å²) in [5.74, 6) is 0. The van der Waals surface area contributed by atoms with Crippen molar-refractivity contribution in [2.45, 2.75) is 52.4 Å². The minimum Gasteiger partial charge on any atom is -0.387 e. The molecule has 0 fully saturated rings. The summed E-state index contributed by atoms with van der Waals surface area (Å²) in [6.45, 7) is 9.65. The molecule has 0 radical (unpaired) electrons. The molecule has 6 heteroatoms. The highest BCUT2D eigenvalue weighted by atomic mass is 19.4. The number of hydrogen-bond donors (Lipinski definition) is 2. The second kappa shape index (κ2) is 7.59. The molecule has 3 nitrogen and oxygen atoms in total. The molecule has 0 spiro atoms. The van der Waals surface area contributed by atoms with Crippen LogP contribution in [0, 0.1) is 0 Å². The summed E-state index contributed by atoms with van der Waals surface area (Å²) in [6.07, 6.45) is -4.73. The Labute approximate surface area is 118 Å². The van der Waals surface area contributed by atoms with E-state index in [1.807, 2.05) is 34.6 Å². The molecule has 1 heterocycles. The van der Waals surface area contributed by atoms with Gasteiger partial charge in [-0.25, -0.2) is 0 Å². The monoisotopic (exact) mass is 292 g/mol. The number of nitrogens with one attached hydrogen (secondary N) is 1. The highest BCUT2D eigenvalue weighted by molar-refractivity contribution is 5.25. The standard InChI is InChI=1S/C12H17F3N2O.C2H6/c1-11(2,3)17-7-9(18)8-5-4-6-16-10(8)12(13,14)15;1-2/h4-6,9,17-18H,7H2,1-3H3;1-2H3. The molecule has 0 aliphatic heterocycles. The van der Waals surface area contributed by atoms with E-state index >= 15 is 0 Å². The summed E-state index contributed by atoms with van der Waals surface area (Å²) in [7, 11) is 0. The molecule has 0 amide bonds. The predicted octanol–water partition coefficient (Wildman–Crippen LogP) is 3.55. The Balaban J connectivity index is 0.00000172. The third-order valence-corrected chi connectivity index (χ3v) is 2.29. The molecule has 1 rings (SSSR count). The SMILES string of the molecule is CC.CC(C)(C)NCC(O)c1cccnc1C(F)(F)F. The Bertz CT molecular complexity index is 400. The molecule has 0 aliphatic rings. The van der Waals surface area contributed by atoms with Gasteiger partial charge in [-0.15, -0.1) is 0 Å². The fraction of sp³-hybridized carbons (Fsp3) is 0.643. The lowest BCUT2D eigenvalue weighted by molar-refractivity contribution is -0.142. The first-order valence-corrected chi connectivity index (χ1v) is 6.56. The van der Waals surface area contributed by atoms with E-state index in [1.165, 1.54) is 12.1 Å². The fourth-order valence-corrected chi connectivity index (χ4v) is 1.44. The minimum atomic E-state index is -4.56. The van der Waals surface area contributed by atoms with Crippen molar-refractivity contribution in [2.24, 2.45) is 0 Å². The molecular weight excluding hydrogens is 269 g/mol. The second-order valence-electron chi connectivity index (χ2n) is 5.09. The van der Waals surface area contributed by atoms with Crippen LogP contribution in [0.4, 0.5) is 13.2 Å². The van der Waals surface area contributed by atoms with Crippen LogP contribution in [0.5, 0.6) is 0 Å². The van der Waals surface area contributed by atoms with E-state index in [2.05, 4.69) is 10.3 Å². The first kappa shape index (κ1) is 18.9. The number of aliphatic hydroxyl groups is 1. The molecule has 20 heavy (non-hydrogen) atoms. The normalized spacial score (nSPS) is 13.4. The average molecular weight is 292 g/mol. The number of rotatable bonds is 3. The summed E-state index contributed by atoms with van der Waals surface area (Å²) in [4.78, 5) is 3.30. The lowest BCUT2D eigenvalue weighted by Gasteiger charge is -2.24. The molecular formula is C14H23F3N2O.